The molecule has 0 spiro atoms. The first kappa shape index (κ1) is 10.6. The molecule has 1 N–H and O–H groups in total. The molecule has 0 radical (unpaired) electrons. The maximum atomic E-state index is 3.36. The molecule has 13 heavy (non-hydrogen) atoms. The Morgan fingerprint density at radius 2 is 2.23 bits per heavy atom. The molecule has 0 atom stereocenters. The summed E-state index contributed by atoms with van der Waals surface area (Å²) in [4.78, 5) is 0. The second-order valence-corrected chi connectivity index (χ2v) is 4.02. The van der Waals surface area contributed by atoms with Crippen LogP contribution in [0.2, 0.25) is 0 Å². The predicted molar refractivity (Wildman–Crippen MR) is 67.2 cm³/mol. The van der Waals surface area contributed by atoms with Crippen molar-refractivity contribution in [2.75, 3.05) is 11.9 Å². The minimum atomic E-state index is 0.900. The van der Waals surface area contributed by atoms with E-state index in [1.54, 1.807) is 0 Å². The minimum absolute atomic E-state index is 0.900. The van der Waals surface area contributed by atoms with Crippen molar-refractivity contribution >= 4 is 28.3 Å². The molecule has 0 saturated carbocycles. The van der Waals surface area contributed by atoms with E-state index in [2.05, 4.69) is 65.2 Å². The van der Waals surface area contributed by atoms with Gasteiger partial charge < -0.3 is 5.32 Å². The van der Waals surface area contributed by atoms with Gasteiger partial charge in [-0.3, -0.25) is 0 Å². The van der Waals surface area contributed by atoms with Crippen molar-refractivity contribution in [1.29, 1.82) is 0 Å². The van der Waals surface area contributed by atoms with Crippen LogP contribution in [0.25, 0.3) is 0 Å². The van der Waals surface area contributed by atoms with Crippen LogP contribution in [-0.4, -0.2) is 6.54 Å². The van der Waals surface area contributed by atoms with E-state index in [1.165, 1.54) is 14.8 Å². The van der Waals surface area contributed by atoms with E-state index in [9.17, 15) is 0 Å². The quantitative estimate of drug-likeness (QED) is 0.661. The molecule has 70 valence electrons. The standard InChI is InChI=1S/C11H14IN/c1-3-4-8-13-11-7-5-6-10(12)9(11)2/h3-7,13H,8H2,1-2H3/b4-3+. The SMILES string of the molecule is C/C=C/CNc1cccc(I)c1C. The number of nitrogens with one attached hydrogen (secondary N) is 1. The molecule has 0 aliphatic carbocycles. The number of allylic oxidation sites excluding steroid dienone is 1. The highest BCUT2D eigenvalue weighted by Gasteiger charge is 1.98. The second-order valence-electron chi connectivity index (χ2n) is 2.86. The number of halogens is 1. The summed E-state index contributed by atoms with van der Waals surface area (Å²) >= 11 is 2.35. The largest absolute Gasteiger partial charge is 0.381 e. The zero-order valence-corrected chi connectivity index (χ0v) is 10.1. The van der Waals surface area contributed by atoms with Crippen LogP contribution in [0.3, 0.4) is 0 Å². The van der Waals surface area contributed by atoms with E-state index >= 15 is 0 Å². The molecule has 0 saturated heterocycles. The van der Waals surface area contributed by atoms with E-state index in [-0.39, 0.29) is 0 Å². The molecular formula is C11H14IN. The van der Waals surface area contributed by atoms with Gasteiger partial charge in [0.15, 0.2) is 0 Å². The molecule has 0 aliphatic rings. The number of benzene rings is 1. The van der Waals surface area contributed by atoms with Crippen LogP contribution in [0.5, 0.6) is 0 Å². The van der Waals surface area contributed by atoms with E-state index in [4.69, 9.17) is 0 Å². The van der Waals surface area contributed by atoms with Gasteiger partial charge in [-0.25, -0.2) is 0 Å². The molecule has 1 aromatic rings. The minimum Gasteiger partial charge on any atom is -0.381 e. The fraction of sp³-hybridized carbons (Fsp3) is 0.273. The van der Waals surface area contributed by atoms with Crippen molar-refractivity contribution in [2.45, 2.75) is 13.8 Å². The maximum absolute atomic E-state index is 3.36. The lowest BCUT2D eigenvalue weighted by molar-refractivity contribution is 1.28. The van der Waals surface area contributed by atoms with E-state index in [1.807, 2.05) is 6.92 Å². The molecule has 0 amide bonds. The summed E-state index contributed by atoms with van der Waals surface area (Å²) in [5.41, 5.74) is 2.55. The van der Waals surface area contributed by atoms with Crippen molar-refractivity contribution in [1.82, 2.24) is 0 Å². The molecule has 0 aliphatic heterocycles. The van der Waals surface area contributed by atoms with Crippen molar-refractivity contribution in [3.05, 3.63) is 39.5 Å². The molecule has 0 aromatic heterocycles. The van der Waals surface area contributed by atoms with E-state index < -0.39 is 0 Å². The lowest BCUT2D eigenvalue weighted by Crippen LogP contribution is -2.00. The predicted octanol–water partition coefficient (Wildman–Crippen LogP) is 3.59. The van der Waals surface area contributed by atoms with E-state index in [0.717, 1.165) is 6.54 Å². The summed E-state index contributed by atoms with van der Waals surface area (Å²) in [6, 6.07) is 6.31. The van der Waals surface area contributed by atoms with Crippen LogP contribution in [0.4, 0.5) is 5.69 Å². The summed E-state index contributed by atoms with van der Waals surface area (Å²) in [5.74, 6) is 0. The summed E-state index contributed by atoms with van der Waals surface area (Å²) in [6.45, 7) is 5.07. The van der Waals surface area contributed by atoms with Crippen LogP contribution in [-0.2, 0) is 0 Å². The fourth-order valence-electron chi connectivity index (χ4n) is 1.09. The van der Waals surface area contributed by atoms with Gasteiger partial charge in [0.2, 0.25) is 0 Å². The monoisotopic (exact) mass is 287 g/mol. The van der Waals surface area contributed by atoms with Gasteiger partial charge in [0, 0.05) is 15.8 Å². The van der Waals surface area contributed by atoms with Gasteiger partial charge in [0.1, 0.15) is 0 Å². The normalized spacial score (nSPS) is 10.7. The molecule has 0 heterocycles. The van der Waals surface area contributed by atoms with Crippen LogP contribution >= 0.6 is 22.6 Å². The first-order valence-corrected chi connectivity index (χ1v) is 5.43. The zero-order chi connectivity index (χ0) is 9.68. The molecule has 1 rings (SSSR count). The summed E-state index contributed by atoms with van der Waals surface area (Å²) in [5, 5.41) is 3.36. The van der Waals surface area contributed by atoms with Crippen molar-refractivity contribution in [3.8, 4) is 0 Å². The average molecular weight is 287 g/mol. The van der Waals surface area contributed by atoms with Gasteiger partial charge in [-0.1, -0.05) is 18.2 Å². The molecule has 2 heteroatoms. The Balaban J connectivity index is 2.71. The Labute approximate surface area is 93.4 Å². The van der Waals surface area contributed by atoms with Crippen LogP contribution in [0, 0.1) is 10.5 Å². The van der Waals surface area contributed by atoms with Gasteiger partial charge in [-0.05, 0) is 54.1 Å². The van der Waals surface area contributed by atoms with Gasteiger partial charge in [-0.2, -0.15) is 0 Å². The fourth-order valence-corrected chi connectivity index (χ4v) is 1.58. The van der Waals surface area contributed by atoms with Crippen LogP contribution < -0.4 is 5.32 Å². The van der Waals surface area contributed by atoms with Gasteiger partial charge in [0.25, 0.3) is 0 Å². The van der Waals surface area contributed by atoms with Crippen molar-refractivity contribution < 1.29 is 0 Å². The first-order valence-electron chi connectivity index (χ1n) is 4.36. The molecule has 0 bridgehead atoms. The third-order valence-electron chi connectivity index (χ3n) is 1.91. The average Bonchev–Trinajstić information content (AvgIpc) is 2.13. The number of rotatable bonds is 3. The Morgan fingerprint density at radius 3 is 2.92 bits per heavy atom. The zero-order valence-electron chi connectivity index (χ0n) is 7.97. The summed E-state index contributed by atoms with van der Waals surface area (Å²) in [6.07, 6.45) is 4.16. The molecule has 1 aromatic carbocycles. The highest BCUT2D eigenvalue weighted by molar-refractivity contribution is 14.1. The Morgan fingerprint density at radius 1 is 1.46 bits per heavy atom. The Bertz CT molecular complexity index is 305. The molecule has 1 nitrogen and oxygen atoms in total. The Kier molecular flexibility index (Phi) is 4.28. The number of anilines is 1. The van der Waals surface area contributed by atoms with Crippen LogP contribution in [0.15, 0.2) is 30.4 Å². The number of hydrogen-bond donors (Lipinski definition) is 1. The highest BCUT2D eigenvalue weighted by atomic mass is 127. The summed E-state index contributed by atoms with van der Waals surface area (Å²) in [7, 11) is 0. The maximum Gasteiger partial charge on any atom is 0.0382 e. The number of hydrogen-bond acceptors (Lipinski definition) is 1. The third kappa shape index (κ3) is 3.03. The Hall–Kier alpha value is -0.510. The molecular weight excluding hydrogens is 273 g/mol. The van der Waals surface area contributed by atoms with Crippen molar-refractivity contribution in [3.63, 3.8) is 0 Å². The van der Waals surface area contributed by atoms with Crippen molar-refractivity contribution in [2.24, 2.45) is 0 Å². The van der Waals surface area contributed by atoms with Gasteiger partial charge in [-0.15, -0.1) is 0 Å². The first-order chi connectivity index (χ1) is 6.25. The topological polar surface area (TPSA) is 12.0 Å². The highest BCUT2D eigenvalue weighted by Crippen LogP contribution is 2.19. The third-order valence-corrected chi connectivity index (χ3v) is 3.08. The molecule has 0 fully saturated rings. The van der Waals surface area contributed by atoms with Gasteiger partial charge in [0.05, 0.1) is 0 Å². The summed E-state index contributed by atoms with van der Waals surface area (Å²) < 4.78 is 1.31. The molecule has 0 unspecified atom stereocenters. The lowest BCUT2D eigenvalue weighted by atomic mass is 10.2. The second kappa shape index (κ2) is 5.27. The lowest BCUT2D eigenvalue weighted by Gasteiger charge is -2.08. The van der Waals surface area contributed by atoms with Crippen LogP contribution in [0.1, 0.15) is 12.5 Å². The van der Waals surface area contributed by atoms with Gasteiger partial charge >= 0.3 is 0 Å². The smallest absolute Gasteiger partial charge is 0.0382 e. The van der Waals surface area contributed by atoms with E-state index in [0.29, 0.717) is 0 Å².